The first-order chi connectivity index (χ1) is 10.6. The Labute approximate surface area is 133 Å². The predicted octanol–water partition coefficient (Wildman–Crippen LogP) is 2.19. The molecule has 4 bridgehead atoms. The summed E-state index contributed by atoms with van der Waals surface area (Å²) in [5.41, 5.74) is -0.0562. The molecule has 4 nitrogen and oxygen atoms in total. The van der Waals surface area contributed by atoms with E-state index in [4.69, 9.17) is 0 Å². The quantitative estimate of drug-likeness (QED) is 0.850. The number of likely N-dealkylation sites (tertiary alicyclic amines) is 1. The van der Waals surface area contributed by atoms with Gasteiger partial charge < -0.3 is 10.2 Å². The van der Waals surface area contributed by atoms with Crippen LogP contribution >= 0.6 is 0 Å². The fraction of sp³-hybridized carbons (Fsp3) is 0.889. The minimum absolute atomic E-state index is 0.00314. The number of carbonyl (C=O) groups is 2. The van der Waals surface area contributed by atoms with Crippen LogP contribution in [0.15, 0.2) is 0 Å². The van der Waals surface area contributed by atoms with Crippen LogP contribution in [0.1, 0.15) is 51.4 Å². The molecule has 4 saturated carbocycles. The van der Waals surface area contributed by atoms with Crippen molar-refractivity contribution in [2.24, 2.45) is 29.1 Å². The van der Waals surface area contributed by atoms with Crippen LogP contribution in [0.2, 0.25) is 0 Å². The van der Waals surface area contributed by atoms with Crippen molar-refractivity contribution in [3.05, 3.63) is 0 Å². The van der Waals surface area contributed by atoms with E-state index >= 15 is 0 Å². The van der Waals surface area contributed by atoms with E-state index in [1.54, 1.807) is 7.05 Å². The first-order valence-corrected chi connectivity index (χ1v) is 9.10. The minimum atomic E-state index is -0.0562. The molecule has 0 aromatic heterocycles. The number of piperidine rings is 1. The molecule has 1 heterocycles. The lowest BCUT2D eigenvalue weighted by Gasteiger charge is -2.57. The predicted molar refractivity (Wildman–Crippen MR) is 84.0 cm³/mol. The molecule has 1 saturated heterocycles. The fourth-order valence-corrected chi connectivity index (χ4v) is 6.29. The summed E-state index contributed by atoms with van der Waals surface area (Å²) in [6.45, 7) is 1.49. The maximum atomic E-state index is 13.3. The number of rotatable bonds is 2. The number of nitrogens with one attached hydrogen (secondary N) is 1. The lowest BCUT2D eigenvalue weighted by Crippen LogP contribution is -2.56. The highest BCUT2D eigenvalue weighted by Gasteiger charge is 2.55. The van der Waals surface area contributed by atoms with Gasteiger partial charge >= 0.3 is 0 Å². The lowest BCUT2D eigenvalue weighted by molar-refractivity contribution is -0.160. The molecule has 1 atom stereocenters. The molecule has 0 aromatic rings. The second-order valence-electron chi connectivity index (χ2n) is 8.40. The topological polar surface area (TPSA) is 49.4 Å². The molecule has 122 valence electrons. The van der Waals surface area contributed by atoms with Crippen molar-refractivity contribution in [2.75, 3.05) is 20.1 Å². The maximum absolute atomic E-state index is 13.3. The van der Waals surface area contributed by atoms with Gasteiger partial charge in [-0.05, 0) is 69.1 Å². The van der Waals surface area contributed by atoms with Crippen LogP contribution in [0.5, 0.6) is 0 Å². The minimum Gasteiger partial charge on any atom is -0.359 e. The molecule has 1 aliphatic heterocycles. The Balaban J connectivity index is 1.50. The molecule has 4 aliphatic carbocycles. The van der Waals surface area contributed by atoms with E-state index < -0.39 is 0 Å². The van der Waals surface area contributed by atoms with Gasteiger partial charge in [-0.1, -0.05) is 0 Å². The highest BCUT2D eigenvalue weighted by Crippen LogP contribution is 2.60. The summed E-state index contributed by atoms with van der Waals surface area (Å²) in [7, 11) is 1.70. The Morgan fingerprint density at radius 3 is 2.18 bits per heavy atom. The number of nitrogens with zero attached hydrogens (tertiary/aromatic N) is 1. The van der Waals surface area contributed by atoms with Crippen LogP contribution in [0.4, 0.5) is 0 Å². The Hall–Kier alpha value is -1.06. The van der Waals surface area contributed by atoms with Crippen molar-refractivity contribution in [1.29, 1.82) is 0 Å². The Bertz CT molecular complexity index is 452. The number of hydrogen-bond acceptors (Lipinski definition) is 2. The summed E-state index contributed by atoms with van der Waals surface area (Å²) in [6, 6.07) is 0. The standard InChI is InChI=1S/C18H28N2O2/c1-19-16(21)15-3-2-4-20(11-15)17(22)18-8-12-5-13(9-18)7-14(6-12)10-18/h12-15H,2-11H2,1H3,(H,19,21)/t12?,13?,14?,15-,18?/m0/s1. The summed E-state index contributed by atoms with van der Waals surface area (Å²) in [5, 5.41) is 2.75. The van der Waals surface area contributed by atoms with Crippen LogP contribution in [0, 0.1) is 29.1 Å². The van der Waals surface area contributed by atoms with E-state index in [1.807, 2.05) is 4.90 Å². The van der Waals surface area contributed by atoms with Gasteiger partial charge in [0.25, 0.3) is 0 Å². The maximum Gasteiger partial charge on any atom is 0.228 e. The van der Waals surface area contributed by atoms with E-state index in [0.29, 0.717) is 12.5 Å². The molecule has 0 spiro atoms. The zero-order valence-electron chi connectivity index (χ0n) is 13.6. The number of carbonyl (C=O) groups excluding carboxylic acids is 2. The van der Waals surface area contributed by atoms with Gasteiger partial charge in [-0.2, -0.15) is 0 Å². The molecule has 1 N–H and O–H groups in total. The second kappa shape index (κ2) is 5.24. The van der Waals surface area contributed by atoms with Gasteiger partial charge in [0, 0.05) is 20.1 Å². The van der Waals surface area contributed by atoms with Crippen LogP contribution in [-0.4, -0.2) is 36.9 Å². The fourth-order valence-electron chi connectivity index (χ4n) is 6.29. The Kier molecular flexibility index (Phi) is 3.46. The smallest absolute Gasteiger partial charge is 0.228 e. The molecule has 0 unspecified atom stereocenters. The Morgan fingerprint density at radius 2 is 1.64 bits per heavy atom. The van der Waals surface area contributed by atoms with E-state index in [1.165, 1.54) is 19.3 Å². The Morgan fingerprint density at radius 1 is 1.05 bits per heavy atom. The molecule has 5 fully saturated rings. The van der Waals surface area contributed by atoms with Crippen molar-refractivity contribution in [1.82, 2.24) is 10.2 Å². The summed E-state index contributed by atoms with van der Waals surface area (Å²) in [5.74, 6) is 2.89. The lowest BCUT2D eigenvalue weighted by atomic mass is 9.49. The number of hydrogen-bond donors (Lipinski definition) is 1. The monoisotopic (exact) mass is 304 g/mol. The van der Waals surface area contributed by atoms with E-state index in [-0.39, 0.29) is 17.2 Å². The van der Waals surface area contributed by atoms with Gasteiger partial charge in [0.2, 0.25) is 11.8 Å². The van der Waals surface area contributed by atoms with Gasteiger partial charge in [0.1, 0.15) is 0 Å². The zero-order valence-corrected chi connectivity index (χ0v) is 13.6. The van der Waals surface area contributed by atoms with Crippen LogP contribution < -0.4 is 5.32 Å². The van der Waals surface area contributed by atoms with Crippen molar-refractivity contribution >= 4 is 11.8 Å². The van der Waals surface area contributed by atoms with E-state index in [0.717, 1.165) is 56.4 Å². The van der Waals surface area contributed by atoms with Crippen molar-refractivity contribution in [3.63, 3.8) is 0 Å². The molecule has 5 aliphatic rings. The second-order valence-corrected chi connectivity index (χ2v) is 8.40. The van der Waals surface area contributed by atoms with Gasteiger partial charge in [0.15, 0.2) is 0 Å². The van der Waals surface area contributed by atoms with Gasteiger partial charge in [-0.25, -0.2) is 0 Å². The SMILES string of the molecule is CNC(=O)[C@H]1CCCN(C(=O)C23CC4CC(CC(C4)C2)C3)C1. The van der Waals surface area contributed by atoms with Crippen LogP contribution in [0.3, 0.4) is 0 Å². The summed E-state index contributed by atoms with van der Waals surface area (Å²) in [6.07, 6.45) is 9.37. The molecule has 0 aromatic carbocycles. The molecule has 22 heavy (non-hydrogen) atoms. The van der Waals surface area contributed by atoms with E-state index in [2.05, 4.69) is 5.32 Å². The average molecular weight is 304 g/mol. The highest BCUT2D eigenvalue weighted by molar-refractivity contribution is 5.85. The normalized spacial score (nSPS) is 43.2. The number of amides is 2. The summed E-state index contributed by atoms with van der Waals surface area (Å²) >= 11 is 0. The third-order valence-corrected chi connectivity index (χ3v) is 6.82. The molecule has 4 heteroatoms. The molecular weight excluding hydrogens is 276 g/mol. The third kappa shape index (κ3) is 2.26. The highest BCUT2D eigenvalue weighted by atomic mass is 16.2. The molecular formula is C18H28N2O2. The first-order valence-electron chi connectivity index (χ1n) is 9.10. The average Bonchev–Trinajstić information content (AvgIpc) is 2.52. The molecule has 5 rings (SSSR count). The first kappa shape index (κ1) is 14.5. The largest absolute Gasteiger partial charge is 0.359 e. The van der Waals surface area contributed by atoms with Crippen molar-refractivity contribution < 1.29 is 9.59 Å². The molecule has 0 radical (unpaired) electrons. The zero-order chi connectivity index (χ0) is 15.3. The molecule has 2 amide bonds. The van der Waals surface area contributed by atoms with Gasteiger partial charge in [0.05, 0.1) is 11.3 Å². The third-order valence-electron chi connectivity index (χ3n) is 6.82. The van der Waals surface area contributed by atoms with Crippen LogP contribution in [-0.2, 0) is 9.59 Å². The van der Waals surface area contributed by atoms with Gasteiger partial charge in [-0.3, -0.25) is 9.59 Å². The van der Waals surface area contributed by atoms with Crippen LogP contribution in [0.25, 0.3) is 0 Å². The van der Waals surface area contributed by atoms with E-state index in [9.17, 15) is 9.59 Å². The van der Waals surface area contributed by atoms with Crippen molar-refractivity contribution in [2.45, 2.75) is 51.4 Å². The van der Waals surface area contributed by atoms with Crippen molar-refractivity contribution in [3.8, 4) is 0 Å². The van der Waals surface area contributed by atoms with Gasteiger partial charge in [-0.15, -0.1) is 0 Å². The summed E-state index contributed by atoms with van der Waals surface area (Å²) in [4.78, 5) is 27.3. The summed E-state index contributed by atoms with van der Waals surface area (Å²) < 4.78 is 0.